The maximum absolute atomic E-state index is 12.5. The van der Waals surface area contributed by atoms with Crippen LogP contribution < -0.4 is 10.2 Å². The molecule has 2 aromatic rings. The highest BCUT2D eigenvalue weighted by Gasteiger charge is 2.41. The van der Waals surface area contributed by atoms with Crippen LogP contribution in [0.15, 0.2) is 54.6 Å². The molecular weight excluding hydrogens is 356 g/mol. The molecule has 1 atom stereocenters. The molecular formula is C18H14N2O5S. The summed E-state index contributed by atoms with van der Waals surface area (Å²) in [6.07, 6.45) is -0.185. The molecule has 2 N–H and O–H groups in total. The zero-order valence-corrected chi connectivity index (χ0v) is 14.2. The second kappa shape index (κ2) is 7.40. The molecule has 3 rings (SSSR count). The van der Waals surface area contributed by atoms with Crippen LogP contribution in [0.5, 0.6) is 0 Å². The molecule has 0 unspecified atom stereocenters. The van der Waals surface area contributed by atoms with Gasteiger partial charge in [-0.25, -0.2) is 9.69 Å². The van der Waals surface area contributed by atoms with Crippen LogP contribution >= 0.6 is 11.8 Å². The van der Waals surface area contributed by atoms with E-state index >= 15 is 0 Å². The fourth-order valence-electron chi connectivity index (χ4n) is 2.51. The minimum Gasteiger partial charge on any atom is -0.478 e. The van der Waals surface area contributed by atoms with Gasteiger partial charge in [-0.1, -0.05) is 24.3 Å². The number of amides is 3. The van der Waals surface area contributed by atoms with Gasteiger partial charge in [0.05, 0.1) is 11.3 Å². The third kappa shape index (κ3) is 3.75. The van der Waals surface area contributed by atoms with Crippen molar-refractivity contribution < 1.29 is 24.3 Å². The van der Waals surface area contributed by atoms with Gasteiger partial charge in [0.15, 0.2) is 0 Å². The molecule has 2 aromatic carbocycles. The van der Waals surface area contributed by atoms with E-state index in [2.05, 4.69) is 5.32 Å². The molecule has 1 saturated heterocycles. The van der Waals surface area contributed by atoms with Gasteiger partial charge in [0.1, 0.15) is 5.25 Å². The van der Waals surface area contributed by atoms with Crippen molar-refractivity contribution in [3.8, 4) is 0 Å². The van der Waals surface area contributed by atoms with Crippen molar-refractivity contribution in [1.29, 1.82) is 0 Å². The lowest BCUT2D eigenvalue weighted by atomic mass is 10.2. The summed E-state index contributed by atoms with van der Waals surface area (Å²) in [6.45, 7) is 0. The van der Waals surface area contributed by atoms with Gasteiger partial charge in [0.2, 0.25) is 11.8 Å². The van der Waals surface area contributed by atoms with Crippen LogP contribution in [0.4, 0.5) is 16.2 Å². The fourth-order valence-corrected chi connectivity index (χ4v) is 3.49. The molecule has 1 fully saturated rings. The Morgan fingerprint density at radius 3 is 2.50 bits per heavy atom. The highest BCUT2D eigenvalue weighted by molar-refractivity contribution is 8.15. The number of aromatic carboxylic acids is 1. The molecule has 0 aliphatic carbocycles. The summed E-state index contributed by atoms with van der Waals surface area (Å²) in [5.74, 6) is -2.02. The van der Waals surface area contributed by atoms with E-state index in [-0.39, 0.29) is 12.0 Å². The van der Waals surface area contributed by atoms with Crippen LogP contribution in [0, 0.1) is 0 Å². The molecule has 0 saturated carbocycles. The van der Waals surface area contributed by atoms with Crippen molar-refractivity contribution in [1.82, 2.24) is 0 Å². The van der Waals surface area contributed by atoms with Gasteiger partial charge in [0.25, 0.3) is 5.24 Å². The van der Waals surface area contributed by atoms with Crippen LogP contribution in [-0.4, -0.2) is 33.4 Å². The van der Waals surface area contributed by atoms with E-state index in [0.717, 1.165) is 16.7 Å². The maximum atomic E-state index is 12.5. The van der Waals surface area contributed by atoms with Crippen molar-refractivity contribution in [2.75, 3.05) is 10.2 Å². The summed E-state index contributed by atoms with van der Waals surface area (Å²) in [4.78, 5) is 48.8. The van der Waals surface area contributed by atoms with Crippen molar-refractivity contribution in [3.05, 3.63) is 60.2 Å². The minimum absolute atomic E-state index is 0.0412. The number of nitrogens with one attached hydrogen (secondary N) is 1. The first-order valence-electron chi connectivity index (χ1n) is 7.68. The van der Waals surface area contributed by atoms with Crippen LogP contribution in [0.1, 0.15) is 16.8 Å². The molecule has 1 aliphatic rings. The van der Waals surface area contributed by atoms with Crippen LogP contribution in [0.3, 0.4) is 0 Å². The lowest BCUT2D eigenvalue weighted by Gasteiger charge is -2.13. The molecule has 3 amide bonds. The van der Waals surface area contributed by atoms with Crippen molar-refractivity contribution >= 4 is 46.2 Å². The Labute approximate surface area is 153 Å². The Morgan fingerprint density at radius 1 is 1.08 bits per heavy atom. The third-order valence-electron chi connectivity index (χ3n) is 3.70. The third-order valence-corrected chi connectivity index (χ3v) is 4.74. The summed E-state index contributed by atoms with van der Waals surface area (Å²) in [7, 11) is 0. The zero-order chi connectivity index (χ0) is 18.7. The first kappa shape index (κ1) is 17.7. The average Bonchev–Trinajstić information content (AvgIpc) is 2.89. The van der Waals surface area contributed by atoms with Crippen molar-refractivity contribution in [2.45, 2.75) is 11.7 Å². The van der Waals surface area contributed by atoms with Crippen LogP contribution in [0.25, 0.3) is 0 Å². The van der Waals surface area contributed by atoms with Gasteiger partial charge >= 0.3 is 5.97 Å². The molecule has 0 aromatic heterocycles. The SMILES string of the molecule is O=C(C[C@@H]1SC(=O)N(c2ccccc2)C1=O)Nc1cccc(C(=O)O)c1. The quantitative estimate of drug-likeness (QED) is 0.839. The standard InChI is InChI=1S/C18H14N2O5S/c21-15(19-12-6-4-5-11(9-12)17(23)24)10-14-16(22)20(18(25)26-14)13-7-2-1-3-8-13/h1-9,14H,10H2,(H,19,21)(H,23,24)/t14-/m0/s1. The Balaban J connectivity index is 1.67. The number of carboxylic acids is 1. The number of benzene rings is 2. The Morgan fingerprint density at radius 2 is 1.81 bits per heavy atom. The normalized spacial score (nSPS) is 16.6. The predicted molar refractivity (Wildman–Crippen MR) is 97.4 cm³/mol. The van der Waals surface area contributed by atoms with Gasteiger partial charge in [-0.3, -0.25) is 14.4 Å². The van der Waals surface area contributed by atoms with E-state index in [4.69, 9.17) is 5.11 Å². The van der Waals surface area contributed by atoms with Gasteiger partial charge < -0.3 is 10.4 Å². The Hall–Kier alpha value is -3.13. The van der Waals surface area contributed by atoms with Crippen molar-refractivity contribution in [2.24, 2.45) is 0 Å². The molecule has 26 heavy (non-hydrogen) atoms. The van der Waals surface area contributed by atoms with E-state index in [1.807, 2.05) is 0 Å². The number of carbonyl (C=O) groups is 4. The van der Waals surface area contributed by atoms with Gasteiger partial charge in [-0.2, -0.15) is 0 Å². The van der Waals surface area contributed by atoms with Crippen molar-refractivity contribution in [3.63, 3.8) is 0 Å². The van der Waals surface area contributed by atoms with E-state index in [1.165, 1.54) is 18.2 Å². The largest absolute Gasteiger partial charge is 0.478 e. The zero-order valence-electron chi connectivity index (χ0n) is 13.4. The molecule has 132 valence electrons. The smallest absolute Gasteiger partial charge is 0.335 e. The molecule has 0 radical (unpaired) electrons. The topological polar surface area (TPSA) is 104 Å². The highest BCUT2D eigenvalue weighted by Crippen LogP contribution is 2.33. The van der Waals surface area contributed by atoms with Gasteiger partial charge in [-0.05, 0) is 42.1 Å². The number of imide groups is 1. The number of carbonyl (C=O) groups excluding carboxylic acids is 3. The molecule has 8 heteroatoms. The number of nitrogens with zero attached hydrogens (tertiary/aromatic N) is 1. The summed E-state index contributed by atoms with van der Waals surface area (Å²) < 4.78 is 0. The van der Waals surface area contributed by atoms with E-state index in [1.54, 1.807) is 36.4 Å². The summed E-state index contributed by atoms with van der Waals surface area (Å²) in [5, 5.41) is 10.3. The number of thioether (sulfide) groups is 1. The van der Waals surface area contributed by atoms with E-state index in [9.17, 15) is 19.2 Å². The number of para-hydroxylation sites is 1. The first-order chi connectivity index (χ1) is 12.5. The number of carboxylic acid groups (broad SMARTS) is 1. The second-order valence-electron chi connectivity index (χ2n) is 5.52. The minimum atomic E-state index is -1.10. The van der Waals surface area contributed by atoms with Crippen LogP contribution in [0.2, 0.25) is 0 Å². The average molecular weight is 370 g/mol. The Bertz CT molecular complexity index is 884. The molecule has 0 spiro atoms. The van der Waals surface area contributed by atoms with E-state index in [0.29, 0.717) is 11.4 Å². The molecule has 0 bridgehead atoms. The number of rotatable bonds is 5. The lowest BCUT2D eigenvalue weighted by molar-refractivity contribution is -0.121. The summed E-state index contributed by atoms with van der Waals surface area (Å²) in [6, 6.07) is 14.3. The number of anilines is 2. The molecule has 1 aliphatic heterocycles. The predicted octanol–water partition coefficient (Wildman–Crippen LogP) is 2.98. The lowest BCUT2D eigenvalue weighted by Crippen LogP contribution is -2.32. The van der Waals surface area contributed by atoms with Gasteiger partial charge in [0, 0.05) is 12.1 Å². The number of hydrogen-bond acceptors (Lipinski definition) is 5. The Kier molecular flexibility index (Phi) is 5.04. The van der Waals surface area contributed by atoms with Gasteiger partial charge in [-0.15, -0.1) is 0 Å². The second-order valence-corrected chi connectivity index (χ2v) is 6.67. The van der Waals surface area contributed by atoms with E-state index < -0.39 is 28.3 Å². The first-order valence-corrected chi connectivity index (χ1v) is 8.56. The fraction of sp³-hybridized carbons (Fsp3) is 0.111. The molecule has 1 heterocycles. The molecule has 7 nitrogen and oxygen atoms in total. The number of hydrogen-bond donors (Lipinski definition) is 2. The summed E-state index contributed by atoms with van der Waals surface area (Å²) >= 11 is 0.806. The van der Waals surface area contributed by atoms with Crippen LogP contribution in [-0.2, 0) is 9.59 Å². The summed E-state index contributed by atoms with van der Waals surface area (Å²) in [5.41, 5.74) is 0.822. The highest BCUT2D eigenvalue weighted by atomic mass is 32.2. The monoisotopic (exact) mass is 370 g/mol. The maximum Gasteiger partial charge on any atom is 0.335 e.